The maximum atomic E-state index is 12.1. The summed E-state index contributed by atoms with van der Waals surface area (Å²) in [6, 6.07) is 10.9. The van der Waals surface area contributed by atoms with Crippen LogP contribution in [0.2, 0.25) is 0 Å². The molecule has 0 bridgehead atoms. The second kappa shape index (κ2) is 8.43. The fraction of sp³-hybridized carbons (Fsp3) is 0.118. The maximum absolute atomic E-state index is 12.1. The zero-order chi connectivity index (χ0) is 18.4. The second-order valence-electron chi connectivity index (χ2n) is 4.94. The topological polar surface area (TPSA) is 77.2 Å². The Bertz CT molecular complexity index is 858. The minimum atomic E-state index is -2.89. The van der Waals surface area contributed by atoms with Crippen LogP contribution in [0.5, 0.6) is 5.75 Å². The average molecular weight is 377 g/mol. The van der Waals surface area contributed by atoms with Gasteiger partial charge < -0.3 is 14.5 Å². The van der Waals surface area contributed by atoms with Crippen LogP contribution in [0.15, 0.2) is 64.5 Å². The number of furan rings is 1. The molecule has 0 aliphatic carbocycles. The van der Waals surface area contributed by atoms with Crippen molar-refractivity contribution in [1.82, 2.24) is 9.97 Å². The van der Waals surface area contributed by atoms with Gasteiger partial charge in [-0.2, -0.15) is 8.78 Å². The third-order valence-corrected chi connectivity index (χ3v) is 3.96. The van der Waals surface area contributed by atoms with E-state index in [1.165, 1.54) is 36.0 Å². The number of hydrogen-bond acceptors (Lipinski definition) is 6. The number of nitrogens with zero attached hydrogens (tertiary/aromatic N) is 2. The van der Waals surface area contributed by atoms with Gasteiger partial charge in [-0.1, -0.05) is 11.8 Å². The van der Waals surface area contributed by atoms with Gasteiger partial charge in [-0.15, -0.1) is 0 Å². The van der Waals surface area contributed by atoms with Crippen molar-refractivity contribution in [2.45, 2.75) is 11.8 Å². The highest BCUT2D eigenvalue weighted by Gasteiger charge is 2.09. The normalized spacial score (nSPS) is 10.7. The largest absolute Gasteiger partial charge is 0.463 e. The van der Waals surface area contributed by atoms with Crippen LogP contribution in [0.1, 0.15) is 0 Å². The first-order valence-electron chi connectivity index (χ1n) is 7.44. The number of alkyl halides is 2. The lowest BCUT2D eigenvalue weighted by Gasteiger charge is -2.07. The zero-order valence-electron chi connectivity index (χ0n) is 13.3. The highest BCUT2D eigenvalue weighted by molar-refractivity contribution is 7.99. The van der Waals surface area contributed by atoms with Crippen molar-refractivity contribution in [2.75, 3.05) is 11.1 Å². The highest BCUT2D eigenvalue weighted by Crippen LogP contribution is 2.21. The first kappa shape index (κ1) is 17.9. The Morgan fingerprint density at radius 1 is 1.23 bits per heavy atom. The number of halogens is 2. The van der Waals surface area contributed by atoms with Crippen LogP contribution >= 0.6 is 11.8 Å². The molecule has 2 heterocycles. The van der Waals surface area contributed by atoms with Gasteiger partial charge in [-0.25, -0.2) is 9.97 Å². The van der Waals surface area contributed by atoms with Gasteiger partial charge in [0.15, 0.2) is 10.9 Å². The fourth-order valence-corrected chi connectivity index (χ4v) is 2.65. The van der Waals surface area contributed by atoms with Gasteiger partial charge in [0, 0.05) is 11.9 Å². The number of ether oxygens (including phenoxy) is 1. The fourth-order valence-electron chi connectivity index (χ4n) is 2.02. The van der Waals surface area contributed by atoms with E-state index in [4.69, 9.17) is 4.42 Å². The van der Waals surface area contributed by atoms with Gasteiger partial charge in [0.25, 0.3) is 0 Å². The van der Waals surface area contributed by atoms with Crippen LogP contribution in [0, 0.1) is 0 Å². The summed E-state index contributed by atoms with van der Waals surface area (Å²) in [7, 11) is 0. The van der Waals surface area contributed by atoms with Gasteiger partial charge in [-0.05, 0) is 42.5 Å². The Balaban J connectivity index is 1.53. The Labute approximate surface area is 151 Å². The van der Waals surface area contributed by atoms with Crippen molar-refractivity contribution < 1.29 is 22.7 Å². The number of nitrogens with one attached hydrogen (secondary N) is 1. The summed E-state index contributed by atoms with van der Waals surface area (Å²) in [5.41, 5.74) is 1.10. The van der Waals surface area contributed by atoms with E-state index >= 15 is 0 Å². The molecule has 6 nitrogen and oxygen atoms in total. The lowest BCUT2D eigenvalue weighted by Crippen LogP contribution is -2.14. The van der Waals surface area contributed by atoms with Gasteiger partial charge in [0.05, 0.1) is 12.0 Å². The zero-order valence-corrected chi connectivity index (χ0v) is 14.1. The Morgan fingerprint density at radius 3 is 2.73 bits per heavy atom. The molecule has 3 aromatic rings. The standard InChI is InChI=1S/C17H13F2N3O3S/c18-16(19)25-12-5-3-11(4-6-12)21-15(23)10-26-17-20-8-7-13(22-17)14-2-1-9-24-14/h1-9,16H,10H2,(H,21,23). The van der Waals surface area contributed by atoms with Gasteiger partial charge in [0.2, 0.25) is 5.91 Å². The van der Waals surface area contributed by atoms with Crippen LogP contribution in [-0.4, -0.2) is 28.2 Å². The van der Waals surface area contributed by atoms with Crippen molar-refractivity contribution in [1.29, 1.82) is 0 Å². The molecule has 0 aliphatic rings. The van der Waals surface area contributed by atoms with E-state index < -0.39 is 6.61 Å². The molecule has 2 aromatic heterocycles. The summed E-state index contributed by atoms with van der Waals surface area (Å²) >= 11 is 1.17. The predicted octanol–water partition coefficient (Wildman–Crippen LogP) is 4.07. The van der Waals surface area contributed by atoms with Crippen molar-refractivity contribution in [3.8, 4) is 17.2 Å². The van der Waals surface area contributed by atoms with Crippen LogP contribution in [0.4, 0.5) is 14.5 Å². The van der Waals surface area contributed by atoms with Crippen molar-refractivity contribution in [3.05, 3.63) is 54.9 Å². The molecule has 134 valence electrons. The van der Waals surface area contributed by atoms with E-state index in [0.29, 0.717) is 22.3 Å². The third kappa shape index (κ3) is 5.03. The summed E-state index contributed by atoms with van der Waals surface area (Å²) < 4.78 is 33.7. The monoisotopic (exact) mass is 377 g/mol. The van der Waals surface area contributed by atoms with Gasteiger partial charge >= 0.3 is 6.61 Å². The molecular formula is C17H13F2N3O3S. The van der Waals surface area contributed by atoms with E-state index in [1.54, 1.807) is 30.7 Å². The number of carbonyl (C=O) groups excluding carboxylic acids is 1. The Kier molecular flexibility index (Phi) is 5.80. The summed E-state index contributed by atoms with van der Waals surface area (Å²) in [6.45, 7) is -2.89. The Morgan fingerprint density at radius 2 is 2.04 bits per heavy atom. The van der Waals surface area contributed by atoms with Gasteiger partial charge in [0.1, 0.15) is 11.4 Å². The number of amides is 1. The van der Waals surface area contributed by atoms with E-state index in [0.717, 1.165) is 0 Å². The molecule has 1 amide bonds. The van der Waals surface area contributed by atoms with E-state index in [1.807, 2.05) is 0 Å². The predicted molar refractivity (Wildman–Crippen MR) is 92.2 cm³/mol. The highest BCUT2D eigenvalue weighted by atomic mass is 32.2. The Hall–Kier alpha value is -2.94. The molecule has 0 radical (unpaired) electrons. The number of rotatable bonds is 7. The quantitative estimate of drug-likeness (QED) is 0.494. The number of aromatic nitrogens is 2. The first-order valence-corrected chi connectivity index (χ1v) is 8.43. The van der Waals surface area contributed by atoms with E-state index in [-0.39, 0.29) is 17.4 Å². The van der Waals surface area contributed by atoms with Crippen LogP contribution in [0.3, 0.4) is 0 Å². The number of anilines is 1. The lowest BCUT2D eigenvalue weighted by molar-refractivity contribution is -0.113. The number of hydrogen-bond donors (Lipinski definition) is 1. The SMILES string of the molecule is O=C(CSc1nccc(-c2ccco2)n1)Nc1ccc(OC(F)F)cc1. The summed E-state index contributed by atoms with van der Waals surface area (Å²) in [5.74, 6) is 0.460. The first-order chi connectivity index (χ1) is 12.6. The van der Waals surface area contributed by atoms with Crippen LogP contribution in [-0.2, 0) is 4.79 Å². The van der Waals surface area contributed by atoms with Crippen molar-refractivity contribution >= 4 is 23.4 Å². The number of carbonyl (C=O) groups is 1. The smallest absolute Gasteiger partial charge is 0.387 e. The third-order valence-electron chi connectivity index (χ3n) is 3.10. The number of benzene rings is 1. The van der Waals surface area contributed by atoms with Crippen molar-refractivity contribution in [3.63, 3.8) is 0 Å². The summed E-state index contributed by atoms with van der Waals surface area (Å²) in [5, 5.41) is 3.10. The minimum absolute atomic E-state index is 0.0236. The molecule has 9 heteroatoms. The second-order valence-corrected chi connectivity index (χ2v) is 5.88. The molecule has 0 aliphatic heterocycles. The minimum Gasteiger partial charge on any atom is -0.463 e. The molecule has 0 atom stereocenters. The van der Waals surface area contributed by atoms with Crippen molar-refractivity contribution in [2.24, 2.45) is 0 Å². The summed E-state index contributed by atoms with van der Waals surface area (Å²) in [4.78, 5) is 20.4. The van der Waals surface area contributed by atoms with E-state index in [9.17, 15) is 13.6 Å². The molecular weight excluding hydrogens is 364 g/mol. The summed E-state index contributed by atoms with van der Waals surface area (Å²) in [6.07, 6.45) is 3.14. The molecule has 1 aromatic carbocycles. The molecule has 1 N–H and O–H groups in total. The molecule has 0 unspecified atom stereocenters. The maximum Gasteiger partial charge on any atom is 0.387 e. The molecule has 0 saturated carbocycles. The van der Waals surface area contributed by atoms with Gasteiger partial charge in [-0.3, -0.25) is 4.79 Å². The molecule has 0 fully saturated rings. The molecule has 0 saturated heterocycles. The lowest BCUT2D eigenvalue weighted by atomic mass is 10.3. The molecule has 0 spiro atoms. The average Bonchev–Trinajstić information content (AvgIpc) is 3.16. The van der Waals surface area contributed by atoms with Crippen LogP contribution in [0.25, 0.3) is 11.5 Å². The number of thioether (sulfide) groups is 1. The molecule has 26 heavy (non-hydrogen) atoms. The molecule has 3 rings (SSSR count). The van der Waals surface area contributed by atoms with Crippen LogP contribution < -0.4 is 10.1 Å². The van der Waals surface area contributed by atoms with E-state index in [2.05, 4.69) is 20.0 Å².